The monoisotopic (exact) mass is 260 g/mol. The Morgan fingerprint density at radius 1 is 1.50 bits per heavy atom. The maximum Gasteiger partial charge on any atom is 0.337 e. The summed E-state index contributed by atoms with van der Waals surface area (Å²) in [6.07, 6.45) is 1.90. The summed E-state index contributed by atoms with van der Waals surface area (Å²) in [6.45, 7) is 1.71. The summed E-state index contributed by atoms with van der Waals surface area (Å²) in [7, 11) is 1.55. The number of carbonyl (C=O) groups excluding carboxylic acids is 1. The molecule has 1 atom stereocenters. The molecule has 0 heterocycles. The number of methoxy groups -OCH3 is 1. The van der Waals surface area contributed by atoms with E-state index in [0.717, 1.165) is 19.8 Å². The molecule has 3 N–H and O–H groups in total. The van der Waals surface area contributed by atoms with E-state index in [1.54, 1.807) is 12.0 Å². The molecule has 0 spiro atoms. The van der Waals surface area contributed by atoms with Crippen molar-refractivity contribution in [1.29, 1.82) is 0 Å². The van der Waals surface area contributed by atoms with Crippen LogP contribution in [-0.4, -0.2) is 65.6 Å². The molecule has 0 aromatic rings. The Kier molecular flexibility index (Phi) is 4.92. The van der Waals surface area contributed by atoms with Gasteiger partial charge in [-0.25, -0.2) is 9.59 Å². The zero-order chi connectivity index (χ0) is 13.8. The molecule has 1 rings (SSSR count). The molecule has 2 amide bonds. The predicted molar refractivity (Wildman–Crippen MR) is 63.3 cm³/mol. The highest BCUT2D eigenvalue weighted by Gasteiger charge is 2.35. The Hall–Kier alpha value is -1.34. The van der Waals surface area contributed by atoms with Crippen molar-refractivity contribution in [2.75, 3.05) is 26.8 Å². The van der Waals surface area contributed by atoms with Gasteiger partial charge in [0.2, 0.25) is 0 Å². The second kappa shape index (κ2) is 6.01. The lowest BCUT2D eigenvalue weighted by Gasteiger charge is -2.25. The summed E-state index contributed by atoms with van der Waals surface area (Å²) in [5.74, 6) is -1.36. The van der Waals surface area contributed by atoms with E-state index in [9.17, 15) is 14.7 Å². The van der Waals surface area contributed by atoms with Crippen molar-refractivity contribution in [3.8, 4) is 0 Å². The minimum absolute atomic E-state index is 0.204. The van der Waals surface area contributed by atoms with Gasteiger partial charge in [0, 0.05) is 19.7 Å². The number of rotatable bonds is 7. The SMILES string of the molecule is COCCN(C(=O)NCC(C)(O)C(=O)O)C1CC1. The van der Waals surface area contributed by atoms with Crippen LogP contribution in [0.5, 0.6) is 0 Å². The quantitative estimate of drug-likeness (QED) is 0.580. The van der Waals surface area contributed by atoms with Crippen molar-refractivity contribution in [1.82, 2.24) is 10.2 Å². The van der Waals surface area contributed by atoms with Gasteiger partial charge >= 0.3 is 12.0 Å². The lowest BCUT2D eigenvalue weighted by atomic mass is 10.1. The van der Waals surface area contributed by atoms with E-state index in [2.05, 4.69) is 5.32 Å². The molecule has 0 aliphatic heterocycles. The van der Waals surface area contributed by atoms with Crippen molar-refractivity contribution in [2.45, 2.75) is 31.4 Å². The smallest absolute Gasteiger partial charge is 0.337 e. The lowest BCUT2D eigenvalue weighted by molar-refractivity contribution is -0.155. The molecule has 0 aromatic carbocycles. The first-order valence-corrected chi connectivity index (χ1v) is 5.87. The van der Waals surface area contributed by atoms with Crippen molar-refractivity contribution in [2.24, 2.45) is 0 Å². The van der Waals surface area contributed by atoms with Crippen LogP contribution in [0.4, 0.5) is 4.79 Å². The number of nitrogens with zero attached hydrogens (tertiary/aromatic N) is 1. The second-order valence-corrected chi connectivity index (χ2v) is 4.66. The summed E-state index contributed by atoms with van der Waals surface area (Å²) >= 11 is 0. The molecule has 1 aliphatic carbocycles. The van der Waals surface area contributed by atoms with E-state index in [-0.39, 0.29) is 18.6 Å². The number of amides is 2. The fourth-order valence-electron chi connectivity index (χ4n) is 1.45. The fourth-order valence-corrected chi connectivity index (χ4v) is 1.45. The highest BCUT2D eigenvalue weighted by Crippen LogP contribution is 2.26. The Morgan fingerprint density at radius 3 is 2.56 bits per heavy atom. The standard InChI is InChI=1S/C11H20N2O5/c1-11(17,9(14)15)7-12-10(16)13(5-6-18-2)8-3-4-8/h8,17H,3-7H2,1-2H3,(H,12,16)(H,14,15). The maximum atomic E-state index is 11.9. The van der Waals surface area contributed by atoms with Gasteiger partial charge in [0.1, 0.15) is 0 Å². The first kappa shape index (κ1) is 14.7. The third kappa shape index (κ3) is 4.15. The Bertz CT molecular complexity index is 315. The summed E-state index contributed by atoms with van der Waals surface area (Å²) in [6, 6.07) is -0.161. The average molecular weight is 260 g/mol. The molecule has 1 saturated carbocycles. The number of carbonyl (C=O) groups is 2. The minimum Gasteiger partial charge on any atom is -0.479 e. The molecule has 1 aliphatic rings. The number of hydrogen-bond donors (Lipinski definition) is 3. The molecule has 18 heavy (non-hydrogen) atoms. The Morgan fingerprint density at radius 2 is 2.11 bits per heavy atom. The largest absolute Gasteiger partial charge is 0.479 e. The van der Waals surface area contributed by atoms with Crippen molar-refractivity contribution in [3.05, 3.63) is 0 Å². The van der Waals surface area contributed by atoms with Gasteiger partial charge in [0.25, 0.3) is 0 Å². The van der Waals surface area contributed by atoms with Crippen LogP contribution in [0.1, 0.15) is 19.8 Å². The van der Waals surface area contributed by atoms with E-state index in [0.29, 0.717) is 13.2 Å². The number of urea groups is 1. The van der Waals surface area contributed by atoms with Gasteiger partial charge in [-0.3, -0.25) is 0 Å². The lowest BCUT2D eigenvalue weighted by Crippen LogP contribution is -2.51. The van der Waals surface area contributed by atoms with Crippen molar-refractivity contribution in [3.63, 3.8) is 0 Å². The predicted octanol–water partition coefficient (Wildman–Crippen LogP) is -0.358. The number of ether oxygens (including phenoxy) is 1. The average Bonchev–Trinajstić information content (AvgIpc) is 3.11. The van der Waals surface area contributed by atoms with Crippen LogP contribution >= 0.6 is 0 Å². The van der Waals surface area contributed by atoms with Gasteiger partial charge in [-0.1, -0.05) is 0 Å². The molecule has 104 valence electrons. The molecule has 1 fully saturated rings. The highest BCUT2D eigenvalue weighted by molar-refractivity contribution is 5.79. The number of aliphatic carboxylic acids is 1. The highest BCUT2D eigenvalue weighted by atomic mass is 16.5. The summed E-state index contributed by atoms with van der Waals surface area (Å²) in [5, 5.41) is 20.7. The molecule has 0 saturated heterocycles. The van der Waals surface area contributed by atoms with E-state index < -0.39 is 11.6 Å². The molecule has 0 aromatic heterocycles. The van der Waals surface area contributed by atoms with E-state index in [1.165, 1.54) is 0 Å². The topological polar surface area (TPSA) is 99.1 Å². The molecular weight excluding hydrogens is 240 g/mol. The van der Waals surface area contributed by atoms with Crippen LogP contribution in [-0.2, 0) is 9.53 Å². The van der Waals surface area contributed by atoms with Crippen LogP contribution < -0.4 is 5.32 Å². The van der Waals surface area contributed by atoms with Crippen LogP contribution in [0.25, 0.3) is 0 Å². The third-order valence-corrected chi connectivity index (χ3v) is 2.83. The molecule has 7 nitrogen and oxygen atoms in total. The van der Waals surface area contributed by atoms with Gasteiger partial charge in [-0.2, -0.15) is 0 Å². The zero-order valence-corrected chi connectivity index (χ0v) is 10.7. The molecule has 0 radical (unpaired) electrons. The van der Waals surface area contributed by atoms with Crippen molar-refractivity contribution >= 4 is 12.0 Å². The summed E-state index contributed by atoms with van der Waals surface area (Å²) in [4.78, 5) is 24.2. The Labute approximate surface area is 106 Å². The number of aliphatic hydroxyl groups is 1. The molecular formula is C11H20N2O5. The van der Waals surface area contributed by atoms with E-state index in [1.807, 2.05) is 0 Å². The first-order chi connectivity index (χ1) is 8.38. The summed E-state index contributed by atoms with van der Waals surface area (Å²) < 4.78 is 4.92. The number of hydrogen-bond acceptors (Lipinski definition) is 4. The van der Waals surface area contributed by atoms with E-state index >= 15 is 0 Å². The maximum absolute atomic E-state index is 11.9. The number of nitrogens with one attached hydrogen (secondary N) is 1. The Balaban J connectivity index is 2.44. The normalized spacial score (nSPS) is 17.9. The number of carboxylic acid groups (broad SMARTS) is 1. The molecule has 7 heteroatoms. The molecule has 1 unspecified atom stereocenters. The van der Waals surface area contributed by atoms with Gasteiger partial charge in [-0.15, -0.1) is 0 Å². The second-order valence-electron chi connectivity index (χ2n) is 4.66. The van der Waals surface area contributed by atoms with Crippen molar-refractivity contribution < 1.29 is 24.5 Å². The number of carboxylic acids is 1. The summed E-state index contributed by atoms with van der Waals surface area (Å²) in [5.41, 5.74) is -1.95. The van der Waals surface area contributed by atoms with Crippen LogP contribution in [0.3, 0.4) is 0 Å². The van der Waals surface area contributed by atoms with Gasteiger partial charge in [-0.05, 0) is 19.8 Å². The zero-order valence-electron chi connectivity index (χ0n) is 10.7. The first-order valence-electron chi connectivity index (χ1n) is 5.87. The van der Waals surface area contributed by atoms with E-state index in [4.69, 9.17) is 9.84 Å². The molecule has 0 bridgehead atoms. The third-order valence-electron chi connectivity index (χ3n) is 2.83. The van der Waals surface area contributed by atoms with Gasteiger partial charge in [0.15, 0.2) is 5.60 Å². The van der Waals surface area contributed by atoms with Gasteiger partial charge < -0.3 is 25.2 Å². The van der Waals surface area contributed by atoms with Crippen LogP contribution in [0, 0.1) is 0 Å². The van der Waals surface area contributed by atoms with Gasteiger partial charge in [0.05, 0.1) is 13.2 Å². The minimum atomic E-state index is -1.95. The van der Waals surface area contributed by atoms with Crippen LogP contribution in [0.15, 0.2) is 0 Å². The van der Waals surface area contributed by atoms with Crippen LogP contribution in [0.2, 0.25) is 0 Å². The fraction of sp³-hybridized carbons (Fsp3) is 0.818.